The molecule has 1 N–H and O–H groups in total. The van der Waals surface area contributed by atoms with Crippen LogP contribution in [-0.4, -0.2) is 23.8 Å². The largest absolute Gasteiger partial charge is 0.368 e. The Labute approximate surface area is 85.5 Å². The summed E-state index contributed by atoms with van der Waals surface area (Å²) in [7, 11) is 0. The molecule has 14 heavy (non-hydrogen) atoms. The number of carbonyl (C=O) groups excluding carboxylic acids is 1. The fourth-order valence-corrected chi connectivity index (χ4v) is 2.01. The summed E-state index contributed by atoms with van der Waals surface area (Å²) < 4.78 is 4.94. The van der Waals surface area contributed by atoms with Gasteiger partial charge in [-0.3, -0.25) is 4.79 Å². The van der Waals surface area contributed by atoms with Gasteiger partial charge in [-0.2, -0.15) is 0 Å². The van der Waals surface area contributed by atoms with Crippen LogP contribution in [-0.2, 0) is 9.53 Å². The third-order valence-electron chi connectivity index (χ3n) is 2.80. The van der Waals surface area contributed by atoms with Crippen molar-refractivity contribution >= 4 is 5.78 Å². The fraction of sp³-hybridized carbons (Fsp3) is 0.909. The van der Waals surface area contributed by atoms with Crippen molar-refractivity contribution in [3.63, 3.8) is 0 Å². The number of hydrogen-bond donors (Lipinski definition) is 1. The molecule has 0 spiro atoms. The molecule has 0 saturated heterocycles. The maximum Gasteiger partial charge on any atom is 0.161 e. The number of rotatable bonds is 5. The summed E-state index contributed by atoms with van der Waals surface area (Å²) in [6.07, 6.45) is 4.82. The predicted molar refractivity (Wildman–Crippen MR) is 53.8 cm³/mol. The molecule has 3 nitrogen and oxygen atoms in total. The smallest absolute Gasteiger partial charge is 0.161 e. The Morgan fingerprint density at radius 3 is 2.64 bits per heavy atom. The molecular weight excluding hydrogens is 180 g/mol. The van der Waals surface area contributed by atoms with E-state index in [0.29, 0.717) is 6.61 Å². The average molecular weight is 200 g/mol. The van der Waals surface area contributed by atoms with E-state index in [-0.39, 0.29) is 18.1 Å². The van der Waals surface area contributed by atoms with Gasteiger partial charge in [-0.25, -0.2) is 0 Å². The molecule has 0 aromatic heterocycles. The molecule has 1 rings (SSSR count). The Balaban J connectivity index is 2.25. The molecule has 0 radical (unpaired) electrons. The lowest BCUT2D eigenvalue weighted by atomic mass is 9.85. The first-order valence-electron chi connectivity index (χ1n) is 5.56. The quantitative estimate of drug-likeness (QED) is 0.689. The molecule has 0 amide bonds. The monoisotopic (exact) mass is 200 g/mol. The van der Waals surface area contributed by atoms with E-state index in [0.717, 1.165) is 25.7 Å². The molecule has 1 atom stereocenters. The van der Waals surface area contributed by atoms with E-state index >= 15 is 0 Å². The molecule has 1 saturated carbocycles. The van der Waals surface area contributed by atoms with Crippen LogP contribution in [0.4, 0.5) is 0 Å². The van der Waals surface area contributed by atoms with Crippen molar-refractivity contribution in [3.05, 3.63) is 0 Å². The highest BCUT2D eigenvalue weighted by Crippen LogP contribution is 2.25. The van der Waals surface area contributed by atoms with Crippen molar-refractivity contribution in [1.29, 1.82) is 0 Å². The Hall–Kier alpha value is -0.410. The molecule has 0 bridgehead atoms. The number of ether oxygens (including phenoxy) is 1. The lowest BCUT2D eigenvalue weighted by Gasteiger charge is -2.21. The zero-order valence-electron chi connectivity index (χ0n) is 8.87. The van der Waals surface area contributed by atoms with Crippen molar-refractivity contribution in [3.8, 4) is 0 Å². The first kappa shape index (κ1) is 11.7. The SMILES string of the molecule is CCOC(O)CC(=O)C1CCCCC1. The van der Waals surface area contributed by atoms with E-state index in [1.54, 1.807) is 0 Å². The Morgan fingerprint density at radius 1 is 1.43 bits per heavy atom. The first-order chi connectivity index (χ1) is 6.74. The van der Waals surface area contributed by atoms with Gasteiger partial charge in [0.1, 0.15) is 5.78 Å². The van der Waals surface area contributed by atoms with E-state index in [2.05, 4.69) is 0 Å². The van der Waals surface area contributed by atoms with E-state index < -0.39 is 6.29 Å². The summed E-state index contributed by atoms with van der Waals surface area (Å²) in [6, 6.07) is 0. The van der Waals surface area contributed by atoms with Crippen LogP contribution in [0.3, 0.4) is 0 Å². The van der Waals surface area contributed by atoms with Gasteiger partial charge in [-0.1, -0.05) is 19.3 Å². The second kappa shape index (κ2) is 6.14. The average Bonchev–Trinajstić information content (AvgIpc) is 2.19. The molecule has 0 aromatic carbocycles. The molecule has 3 heteroatoms. The van der Waals surface area contributed by atoms with Gasteiger partial charge in [-0.05, 0) is 19.8 Å². The van der Waals surface area contributed by atoms with Crippen molar-refractivity contribution < 1.29 is 14.6 Å². The number of Topliss-reactive ketones (excluding diaryl/α,β-unsaturated/α-hetero) is 1. The van der Waals surface area contributed by atoms with Gasteiger partial charge in [-0.15, -0.1) is 0 Å². The summed E-state index contributed by atoms with van der Waals surface area (Å²) in [5, 5.41) is 9.31. The molecule has 0 aromatic rings. The van der Waals surface area contributed by atoms with Crippen LogP contribution in [0.5, 0.6) is 0 Å². The maximum atomic E-state index is 11.6. The summed E-state index contributed by atoms with van der Waals surface area (Å²) in [5.74, 6) is 0.351. The molecule has 82 valence electrons. The Morgan fingerprint density at radius 2 is 2.07 bits per heavy atom. The van der Waals surface area contributed by atoms with Gasteiger partial charge >= 0.3 is 0 Å². The Bertz CT molecular complexity index is 173. The van der Waals surface area contributed by atoms with Crippen LogP contribution in [0.25, 0.3) is 0 Å². The summed E-state index contributed by atoms with van der Waals surface area (Å²) >= 11 is 0. The van der Waals surface area contributed by atoms with Crippen molar-refractivity contribution in [2.24, 2.45) is 5.92 Å². The minimum absolute atomic E-state index is 0.165. The normalized spacial score (nSPS) is 20.7. The summed E-state index contributed by atoms with van der Waals surface area (Å²) in [5.41, 5.74) is 0. The second-order valence-electron chi connectivity index (χ2n) is 3.92. The van der Waals surface area contributed by atoms with Crippen LogP contribution in [0.1, 0.15) is 45.4 Å². The lowest BCUT2D eigenvalue weighted by molar-refractivity contribution is -0.139. The first-order valence-corrected chi connectivity index (χ1v) is 5.56. The molecule has 1 unspecified atom stereocenters. The summed E-state index contributed by atoms with van der Waals surface area (Å²) in [6.45, 7) is 2.27. The zero-order chi connectivity index (χ0) is 10.4. The molecule has 0 heterocycles. The number of ketones is 1. The number of aliphatic hydroxyl groups excluding tert-OH is 1. The molecule has 1 aliphatic rings. The predicted octanol–water partition coefficient (Wildman–Crippen LogP) is 1.88. The highest BCUT2D eigenvalue weighted by atomic mass is 16.6. The lowest BCUT2D eigenvalue weighted by Crippen LogP contribution is -2.24. The van der Waals surface area contributed by atoms with E-state index in [1.807, 2.05) is 6.92 Å². The van der Waals surface area contributed by atoms with Crippen LogP contribution < -0.4 is 0 Å². The number of aliphatic hydroxyl groups is 1. The zero-order valence-corrected chi connectivity index (χ0v) is 8.87. The molecular formula is C11H20O3. The van der Waals surface area contributed by atoms with Gasteiger partial charge in [0.25, 0.3) is 0 Å². The Kier molecular flexibility index (Phi) is 5.12. The third kappa shape index (κ3) is 3.76. The molecule has 1 aliphatic carbocycles. The van der Waals surface area contributed by atoms with E-state index in [1.165, 1.54) is 6.42 Å². The van der Waals surface area contributed by atoms with Gasteiger partial charge in [0.15, 0.2) is 6.29 Å². The topological polar surface area (TPSA) is 46.5 Å². The van der Waals surface area contributed by atoms with E-state index in [4.69, 9.17) is 4.74 Å². The van der Waals surface area contributed by atoms with Gasteiger partial charge in [0.2, 0.25) is 0 Å². The van der Waals surface area contributed by atoms with Gasteiger partial charge < -0.3 is 9.84 Å². The van der Waals surface area contributed by atoms with Crippen LogP contribution in [0.2, 0.25) is 0 Å². The van der Waals surface area contributed by atoms with Crippen molar-refractivity contribution in [1.82, 2.24) is 0 Å². The highest BCUT2D eigenvalue weighted by molar-refractivity contribution is 5.81. The van der Waals surface area contributed by atoms with Gasteiger partial charge in [0.05, 0.1) is 6.42 Å². The fourth-order valence-electron chi connectivity index (χ4n) is 2.01. The van der Waals surface area contributed by atoms with Crippen LogP contribution in [0.15, 0.2) is 0 Å². The minimum atomic E-state index is -0.894. The minimum Gasteiger partial charge on any atom is -0.368 e. The number of hydrogen-bond acceptors (Lipinski definition) is 3. The van der Waals surface area contributed by atoms with Crippen molar-refractivity contribution in [2.75, 3.05) is 6.61 Å². The van der Waals surface area contributed by atoms with Crippen molar-refractivity contribution in [2.45, 2.75) is 51.7 Å². The van der Waals surface area contributed by atoms with Gasteiger partial charge in [0, 0.05) is 12.5 Å². The van der Waals surface area contributed by atoms with Crippen LogP contribution in [0, 0.1) is 5.92 Å². The highest BCUT2D eigenvalue weighted by Gasteiger charge is 2.22. The summed E-state index contributed by atoms with van der Waals surface area (Å²) in [4.78, 5) is 11.6. The standard InChI is InChI=1S/C11H20O3/c1-2-14-11(13)8-10(12)9-6-4-3-5-7-9/h9,11,13H,2-8H2,1H3. The maximum absolute atomic E-state index is 11.6. The van der Waals surface area contributed by atoms with E-state index in [9.17, 15) is 9.90 Å². The molecule has 1 fully saturated rings. The number of carbonyl (C=O) groups is 1. The second-order valence-corrected chi connectivity index (χ2v) is 3.92. The molecule has 0 aliphatic heterocycles. The third-order valence-corrected chi connectivity index (χ3v) is 2.80. The van der Waals surface area contributed by atoms with Crippen LogP contribution >= 0.6 is 0 Å².